The first-order valence-corrected chi connectivity index (χ1v) is 7.09. The Labute approximate surface area is 115 Å². The van der Waals surface area contributed by atoms with Crippen molar-refractivity contribution in [1.29, 1.82) is 0 Å². The minimum atomic E-state index is -0.0617. The lowest BCUT2D eigenvalue weighted by Crippen LogP contribution is -2.55. The van der Waals surface area contributed by atoms with Gasteiger partial charge in [0.1, 0.15) is 4.47 Å². The number of rotatable bonds is 2. The highest BCUT2D eigenvalue weighted by Crippen LogP contribution is 2.25. The molecule has 0 aliphatic carbocycles. The molecule has 1 aliphatic rings. The van der Waals surface area contributed by atoms with E-state index in [1.807, 2.05) is 6.92 Å². The maximum absolute atomic E-state index is 12.1. The fourth-order valence-electron chi connectivity index (χ4n) is 2.24. The second-order valence-corrected chi connectivity index (χ2v) is 5.57. The van der Waals surface area contributed by atoms with Crippen molar-refractivity contribution in [2.75, 3.05) is 18.0 Å². The molecule has 100 valence electrons. The molecule has 1 saturated heterocycles. The molecule has 1 fully saturated rings. The molecule has 2 heterocycles. The summed E-state index contributed by atoms with van der Waals surface area (Å²) in [5.74, 6) is 0. The lowest BCUT2D eigenvalue weighted by Gasteiger charge is -2.39. The number of nitrogens with zero attached hydrogens (tertiary/aromatic N) is 3. The van der Waals surface area contributed by atoms with Gasteiger partial charge in [-0.25, -0.2) is 4.68 Å². The van der Waals surface area contributed by atoms with Crippen LogP contribution < -0.4 is 15.8 Å². The topological polar surface area (TPSA) is 50.2 Å². The Morgan fingerprint density at radius 2 is 2.28 bits per heavy atom. The van der Waals surface area contributed by atoms with Crippen LogP contribution in [-0.4, -0.2) is 35.0 Å². The Kier molecular flexibility index (Phi) is 4.07. The molecular formula is C12H19BrN4O. The van der Waals surface area contributed by atoms with Crippen LogP contribution in [-0.2, 0) is 6.54 Å². The summed E-state index contributed by atoms with van der Waals surface area (Å²) in [5.41, 5.74) is 0.832. The van der Waals surface area contributed by atoms with Gasteiger partial charge in [-0.3, -0.25) is 4.79 Å². The summed E-state index contributed by atoms with van der Waals surface area (Å²) in [6, 6.07) is 0.776. The average Bonchev–Trinajstić information content (AvgIpc) is 2.36. The standard InChI is InChI=1S/C12H19BrN4O/c1-4-17-12(18)11(13)10(6-15-17)16-7-8(2)14-5-9(16)3/h6,8-9,14H,4-5,7H2,1-3H3. The number of anilines is 1. The van der Waals surface area contributed by atoms with Crippen LogP contribution in [0, 0.1) is 0 Å². The largest absolute Gasteiger partial charge is 0.364 e. The molecule has 0 radical (unpaired) electrons. The molecule has 6 heteroatoms. The van der Waals surface area contributed by atoms with Crippen molar-refractivity contribution in [2.24, 2.45) is 0 Å². The minimum Gasteiger partial charge on any atom is -0.364 e. The summed E-state index contributed by atoms with van der Waals surface area (Å²) in [6.07, 6.45) is 1.78. The fourth-order valence-corrected chi connectivity index (χ4v) is 2.77. The zero-order valence-electron chi connectivity index (χ0n) is 11.0. The third-order valence-corrected chi connectivity index (χ3v) is 4.09. The molecule has 0 bridgehead atoms. The van der Waals surface area contributed by atoms with Crippen LogP contribution in [0.5, 0.6) is 0 Å². The van der Waals surface area contributed by atoms with Gasteiger partial charge in [0.25, 0.3) is 5.56 Å². The number of aromatic nitrogens is 2. The highest BCUT2D eigenvalue weighted by atomic mass is 79.9. The van der Waals surface area contributed by atoms with Crippen molar-refractivity contribution in [3.63, 3.8) is 0 Å². The van der Waals surface area contributed by atoms with Gasteiger partial charge in [0.05, 0.1) is 11.9 Å². The van der Waals surface area contributed by atoms with E-state index in [-0.39, 0.29) is 5.56 Å². The predicted octanol–water partition coefficient (Wildman–Crippen LogP) is 1.21. The highest BCUT2D eigenvalue weighted by Gasteiger charge is 2.25. The molecule has 0 amide bonds. The summed E-state index contributed by atoms with van der Waals surface area (Å²) in [5, 5.41) is 7.63. The van der Waals surface area contributed by atoms with E-state index in [1.54, 1.807) is 6.20 Å². The molecule has 2 unspecified atom stereocenters. The van der Waals surface area contributed by atoms with E-state index in [4.69, 9.17) is 0 Å². The van der Waals surface area contributed by atoms with Crippen molar-refractivity contribution in [2.45, 2.75) is 39.4 Å². The molecule has 0 saturated carbocycles. The van der Waals surface area contributed by atoms with E-state index in [9.17, 15) is 4.79 Å². The summed E-state index contributed by atoms with van der Waals surface area (Å²) in [7, 11) is 0. The van der Waals surface area contributed by atoms with Crippen molar-refractivity contribution in [3.8, 4) is 0 Å². The van der Waals surface area contributed by atoms with Gasteiger partial charge in [-0.1, -0.05) is 0 Å². The summed E-state index contributed by atoms with van der Waals surface area (Å²) >= 11 is 3.42. The Balaban J connectivity index is 2.38. The predicted molar refractivity (Wildman–Crippen MR) is 76.1 cm³/mol. The van der Waals surface area contributed by atoms with Crippen LogP contribution in [0.2, 0.25) is 0 Å². The summed E-state index contributed by atoms with van der Waals surface area (Å²) in [4.78, 5) is 14.3. The molecule has 1 aromatic heterocycles. The van der Waals surface area contributed by atoms with Gasteiger partial charge in [0, 0.05) is 31.7 Å². The fraction of sp³-hybridized carbons (Fsp3) is 0.667. The summed E-state index contributed by atoms with van der Waals surface area (Å²) in [6.45, 7) is 8.60. The molecule has 2 atom stereocenters. The van der Waals surface area contributed by atoms with Crippen LogP contribution in [0.4, 0.5) is 5.69 Å². The van der Waals surface area contributed by atoms with E-state index >= 15 is 0 Å². The Bertz CT molecular complexity index is 487. The second-order valence-electron chi connectivity index (χ2n) is 4.78. The van der Waals surface area contributed by atoms with E-state index in [2.05, 4.69) is 45.1 Å². The second kappa shape index (κ2) is 5.40. The first kappa shape index (κ1) is 13.5. The van der Waals surface area contributed by atoms with E-state index < -0.39 is 0 Å². The SMILES string of the molecule is CCn1ncc(N2CC(C)NCC2C)c(Br)c1=O. The lowest BCUT2D eigenvalue weighted by atomic mass is 10.1. The quantitative estimate of drug-likeness (QED) is 0.891. The molecule has 18 heavy (non-hydrogen) atoms. The number of halogens is 1. The Morgan fingerprint density at radius 3 is 2.94 bits per heavy atom. The first-order chi connectivity index (χ1) is 8.54. The Hall–Kier alpha value is -0.880. The van der Waals surface area contributed by atoms with Gasteiger partial charge in [-0.05, 0) is 36.7 Å². The third-order valence-electron chi connectivity index (χ3n) is 3.34. The molecule has 1 aromatic rings. The molecule has 2 rings (SSSR count). The van der Waals surface area contributed by atoms with Crippen molar-refractivity contribution < 1.29 is 0 Å². The van der Waals surface area contributed by atoms with E-state index in [1.165, 1.54) is 4.68 Å². The molecule has 0 aromatic carbocycles. The number of aryl methyl sites for hydroxylation is 1. The van der Waals surface area contributed by atoms with Crippen molar-refractivity contribution >= 4 is 21.6 Å². The van der Waals surface area contributed by atoms with Crippen LogP contribution in [0.1, 0.15) is 20.8 Å². The lowest BCUT2D eigenvalue weighted by molar-refractivity contribution is 0.423. The summed E-state index contributed by atoms with van der Waals surface area (Å²) < 4.78 is 2.07. The maximum atomic E-state index is 12.1. The molecule has 1 N–H and O–H groups in total. The van der Waals surface area contributed by atoms with Gasteiger partial charge >= 0.3 is 0 Å². The zero-order chi connectivity index (χ0) is 13.3. The monoisotopic (exact) mass is 314 g/mol. The number of nitrogens with one attached hydrogen (secondary N) is 1. The third kappa shape index (κ3) is 2.44. The van der Waals surface area contributed by atoms with E-state index in [0.717, 1.165) is 18.8 Å². The van der Waals surface area contributed by atoms with Gasteiger partial charge in [0.15, 0.2) is 0 Å². The average molecular weight is 315 g/mol. The molecular weight excluding hydrogens is 296 g/mol. The van der Waals surface area contributed by atoms with Crippen LogP contribution >= 0.6 is 15.9 Å². The zero-order valence-corrected chi connectivity index (χ0v) is 12.6. The van der Waals surface area contributed by atoms with Crippen molar-refractivity contribution in [1.82, 2.24) is 15.1 Å². The van der Waals surface area contributed by atoms with E-state index in [0.29, 0.717) is 23.1 Å². The first-order valence-electron chi connectivity index (χ1n) is 6.30. The van der Waals surface area contributed by atoms with Crippen molar-refractivity contribution in [3.05, 3.63) is 21.0 Å². The van der Waals surface area contributed by atoms with Gasteiger partial charge in [0.2, 0.25) is 0 Å². The van der Waals surface area contributed by atoms with Crippen LogP contribution in [0.25, 0.3) is 0 Å². The van der Waals surface area contributed by atoms with Crippen LogP contribution in [0.3, 0.4) is 0 Å². The Morgan fingerprint density at radius 1 is 1.56 bits per heavy atom. The van der Waals surface area contributed by atoms with Gasteiger partial charge in [-0.2, -0.15) is 5.10 Å². The highest BCUT2D eigenvalue weighted by molar-refractivity contribution is 9.10. The number of hydrogen-bond donors (Lipinski definition) is 1. The molecule has 1 aliphatic heterocycles. The van der Waals surface area contributed by atoms with Gasteiger partial charge < -0.3 is 10.2 Å². The molecule has 0 spiro atoms. The van der Waals surface area contributed by atoms with Crippen LogP contribution in [0.15, 0.2) is 15.5 Å². The number of piperazine rings is 1. The normalized spacial score (nSPS) is 24.3. The minimum absolute atomic E-state index is 0.0617. The molecule has 5 nitrogen and oxygen atoms in total. The maximum Gasteiger partial charge on any atom is 0.283 e. The smallest absolute Gasteiger partial charge is 0.283 e. The number of hydrogen-bond acceptors (Lipinski definition) is 4. The van der Waals surface area contributed by atoms with Gasteiger partial charge in [-0.15, -0.1) is 0 Å².